The number of halogens is 3. The second-order valence-electron chi connectivity index (χ2n) is 4.70. The predicted molar refractivity (Wildman–Crippen MR) is 72.9 cm³/mol. The average molecular weight is 279 g/mol. The summed E-state index contributed by atoms with van der Waals surface area (Å²) >= 11 is 0. The fourth-order valence-corrected chi connectivity index (χ4v) is 2.05. The molecule has 0 amide bonds. The van der Waals surface area contributed by atoms with E-state index in [2.05, 4.69) is 5.32 Å². The van der Waals surface area contributed by atoms with E-state index in [9.17, 15) is 13.2 Å². The minimum Gasteiger partial charge on any atom is -0.310 e. The molecular formula is C16H16F3N. The quantitative estimate of drug-likeness (QED) is 0.872. The summed E-state index contributed by atoms with van der Waals surface area (Å²) in [5, 5.41) is 3.13. The van der Waals surface area contributed by atoms with Gasteiger partial charge in [0.25, 0.3) is 0 Å². The standard InChI is InChI=1S/C16H16F3N/c1-11(14-3-2-4-15(18)16(14)19)20-10-9-12-5-7-13(17)8-6-12/h2-8,11,20H,9-10H2,1H3. The van der Waals surface area contributed by atoms with Crippen molar-refractivity contribution in [1.82, 2.24) is 5.32 Å². The Morgan fingerprint density at radius 3 is 2.40 bits per heavy atom. The number of benzene rings is 2. The number of hydrogen-bond donors (Lipinski definition) is 1. The maximum atomic E-state index is 13.6. The van der Waals surface area contributed by atoms with Gasteiger partial charge in [-0.25, -0.2) is 13.2 Å². The summed E-state index contributed by atoms with van der Waals surface area (Å²) in [6, 6.07) is 10.1. The molecule has 2 aromatic rings. The molecule has 1 atom stereocenters. The monoisotopic (exact) mass is 279 g/mol. The Balaban J connectivity index is 1.90. The van der Waals surface area contributed by atoms with Crippen LogP contribution in [0.1, 0.15) is 24.1 Å². The van der Waals surface area contributed by atoms with E-state index in [0.29, 0.717) is 18.5 Å². The molecule has 0 spiro atoms. The van der Waals surface area contributed by atoms with Crippen LogP contribution in [0.15, 0.2) is 42.5 Å². The molecule has 0 bridgehead atoms. The lowest BCUT2D eigenvalue weighted by atomic mass is 10.1. The van der Waals surface area contributed by atoms with E-state index in [1.807, 2.05) is 0 Å². The van der Waals surface area contributed by atoms with Crippen LogP contribution in [0, 0.1) is 17.5 Å². The van der Waals surface area contributed by atoms with E-state index in [0.717, 1.165) is 11.6 Å². The molecule has 0 fully saturated rings. The third-order valence-corrected chi connectivity index (χ3v) is 3.23. The van der Waals surface area contributed by atoms with E-state index in [4.69, 9.17) is 0 Å². The Hall–Kier alpha value is -1.81. The van der Waals surface area contributed by atoms with Crippen molar-refractivity contribution in [2.75, 3.05) is 6.54 Å². The molecule has 20 heavy (non-hydrogen) atoms. The normalized spacial score (nSPS) is 12.4. The maximum Gasteiger partial charge on any atom is 0.163 e. The highest BCUT2D eigenvalue weighted by Gasteiger charge is 2.13. The van der Waals surface area contributed by atoms with Gasteiger partial charge in [-0.3, -0.25) is 0 Å². The highest BCUT2D eigenvalue weighted by atomic mass is 19.2. The number of hydrogen-bond acceptors (Lipinski definition) is 1. The van der Waals surface area contributed by atoms with Crippen molar-refractivity contribution in [3.63, 3.8) is 0 Å². The van der Waals surface area contributed by atoms with Gasteiger partial charge in [-0.1, -0.05) is 24.3 Å². The Morgan fingerprint density at radius 1 is 1.00 bits per heavy atom. The molecule has 2 aromatic carbocycles. The molecule has 2 rings (SSSR count). The third-order valence-electron chi connectivity index (χ3n) is 3.23. The van der Waals surface area contributed by atoms with Crippen molar-refractivity contribution in [2.24, 2.45) is 0 Å². The molecule has 0 saturated heterocycles. The number of nitrogens with one attached hydrogen (secondary N) is 1. The van der Waals surface area contributed by atoms with Crippen LogP contribution in [0.2, 0.25) is 0 Å². The van der Waals surface area contributed by atoms with Gasteiger partial charge in [0, 0.05) is 11.6 Å². The molecule has 0 aromatic heterocycles. The zero-order valence-corrected chi connectivity index (χ0v) is 11.2. The highest BCUT2D eigenvalue weighted by Crippen LogP contribution is 2.18. The van der Waals surface area contributed by atoms with Gasteiger partial charge < -0.3 is 5.32 Å². The first kappa shape index (κ1) is 14.6. The Morgan fingerprint density at radius 2 is 1.70 bits per heavy atom. The SMILES string of the molecule is CC(NCCc1ccc(F)cc1)c1cccc(F)c1F. The third kappa shape index (κ3) is 3.61. The fraction of sp³-hybridized carbons (Fsp3) is 0.250. The summed E-state index contributed by atoms with van der Waals surface area (Å²) in [4.78, 5) is 0. The zero-order valence-electron chi connectivity index (χ0n) is 11.2. The largest absolute Gasteiger partial charge is 0.310 e. The molecule has 0 aliphatic heterocycles. The molecule has 4 heteroatoms. The zero-order chi connectivity index (χ0) is 14.5. The van der Waals surface area contributed by atoms with Crippen molar-refractivity contribution in [3.05, 3.63) is 71.0 Å². The van der Waals surface area contributed by atoms with E-state index < -0.39 is 11.6 Å². The molecule has 0 radical (unpaired) electrons. The summed E-state index contributed by atoms with van der Waals surface area (Å²) in [5.74, 6) is -1.92. The lowest BCUT2D eigenvalue weighted by Gasteiger charge is -2.15. The lowest BCUT2D eigenvalue weighted by molar-refractivity contribution is 0.474. The molecule has 1 N–H and O–H groups in total. The van der Waals surface area contributed by atoms with Gasteiger partial charge >= 0.3 is 0 Å². The van der Waals surface area contributed by atoms with E-state index in [-0.39, 0.29) is 11.9 Å². The van der Waals surface area contributed by atoms with Gasteiger partial charge in [0.05, 0.1) is 0 Å². The van der Waals surface area contributed by atoms with Gasteiger partial charge in [0.2, 0.25) is 0 Å². The number of rotatable bonds is 5. The molecule has 1 nitrogen and oxygen atoms in total. The summed E-state index contributed by atoms with van der Waals surface area (Å²) < 4.78 is 39.5. The Kier molecular flexibility index (Phi) is 4.79. The van der Waals surface area contributed by atoms with Crippen molar-refractivity contribution in [3.8, 4) is 0 Å². The van der Waals surface area contributed by atoms with Crippen LogP contribution in [0.3, 0.4) is 0 Å². The van der Waals surface area contributed by atoms with Crippen LogP contribution < -0.4 is 5.32 Å². The predicted octanol–water partition coefficient (Wildman–Crippen LogP) is 4.00. The van der Waals surface area contributed by atoms with E-state index in [1.54, 1.807) is 25.1 Å². The van der Waals surface area contributed by atoms with Crippen molar-refractivity contribution in [2.45, 2.75) is 19.4 Å². The molecule has 0 aliphatic carbocycles. The molecule has 0 saturated carbocycles. The summed E-state index contributed by atoms with van der Waals surface area (Å²) in [7, 11) is 0. The Labute approximate surface area is 116 Å². The minimum atomic E-state index is -0.838. The minimum absolute atomic E-state index is 0.267. The second-order valence-corrected chi connectivity index (χ2v) is 4.70. The van der Waals surface area contributed by atoms with Gasteiger partial charge in [-0.2, -0.15) is 0 Å². The molecule has 1 unspecified atom stereocenters. The van der Waals surface area contributed by atoms with Crippen LogP contribution >= 0.6 is 0 Å². The summed E-state index contributed by atoms with van der Waals surface area (Å²) in [6.45, 7) is 2.38. The van der Waals surface area contributed by atoms with E-state index in [1.165, 1.54) is 18.2 Å². The first-order valence-electron chi connectivity index (χ1n) is 6.49. The maximum absolute atomic E-state index is 13.6. The first-order chi connectivity index (χ1) is 9.58. The second kappa shape index (κ2) is 6.57. The van der Waals surface area contributed by atoms with Gasteiger partial charge in [0.1, 0.15) is 5.82 Å². The van der Waals surface area contributed by atoms with Crippen LogP contribution in [0.5, 0.6) is 0 Å². The molecule has 0 aliphatic rings. The fourth-order valence-electron chi connectivity index (χ4n) is 2.05. The van der Waals surface area contributed by atoms with E-state index >= 15 is 0 Å². The smallest absolute Gasteiger partial charge is 0.163 e. The average Bonchev–Trinajstić information content (AvgIpc) is 2.44. The molecule has 0 heterocycles. The van der Waals surface area contributed by atoms with Crippen molar-refractivity contribution >= 4 is 0 Å². The topological polar surface area (TPSA) is 12.0 Å². The van der Waals surface area contributed by atoms with Crippen LogP contribution in [-0.2, 0) is 6.42 Å². The Bertz CT molecular complexity index is 566. The summed E-state index contributed by atoms with van der Waals surface area (Å²) in [6.07, 6.45) is 0.696. The lowest BCUT2D eigenvalue weighted by Crippen LogP contribution is -2.22. The molecular weight excluding hydrogens is 263 g/mol. The molecule has 106 valence electrons. The van der Waals surface area contributed by atoms with Gasteiger partial charge in [0.15, 0.2) is 11.6 Å². The van der Waals surface area contributed by atoms with Crippen molar-refractivity contribution in [1.29, 1.82) is 0 Å². The summed E-state index contributed by atoms with van der Waals surface area (Å²) in [5.41, 5.74) is 1.30. The van der Waals surface area contributed by atoms with Gasteiger partial charge in [-0.05, 0) is 43.7 Å². The first-order valence-corrected chi connectivity index (χ1v) is 6.49. The highest BCUT2D eigenvalue weighted by molar-refractivity contribution is 5.22. The van der Waals surface area contributed by atoms with Crippen LogP contribution in [-0.4, -0.2) is 6.54 Å². The van der Waals surface area contributed by atoms with Gasteiger partial charge in [-0.15, -0.1) is 0 Å². The van der Waals surface area contributed by atoms with Crippen LogP contribution in [0.4, 0.5) is 13.2 Å². The van der Waals surface area contributed by atoms with Crippen molar-refractivity contribution < 1.29 is 13.2 Å². The van der Waals surface area contributed by atoms with Crippen LogP contribution in [0.25, 0.3) is 0 Å².